The lowest BCUT2D eigenvalue weighted by molar-refractivity contribution is 0.174. The maximum atomic E-state index is 11.6. The van der Waals surface area contributed by atoms with Crippen molar-refractivity contribution in [1.82, 2.24) is 4.98 Å². The molecule has 0 amide bonds. The summed E-state index contributed by atoms with van der Waals surface area (Å²) >= 11 is 0. The summed E-state index contributed by atoms with van der Waals surface area (Å²) in [5, 5.41) is 6.17. The molecule has 0 bridgehead atoms. The molecule has 130 valence electrons. The topological polar surface area (TPSA) is 91.5 Å². The Bertz CT molecular complexity index is 1080. The van der Waals surface area contributed by atoms with E-state index in [9.17, 15) is 8.42 Å². The summed E-state index contributed by atoms with van der Waals surface area (Å²) in [7, 11) is -3.76. The fourth-order valence-electron chi connectivity index (χ4n) is 2.76. The average molecular weight is 379 g/mol. The first-order valence-corrected chi connectivity index (χ1v) is 8.81. The predicted octanol–water partition coefficient (Wildman–Crippen LogP) is 3.01. The van der Waals surface area contributed by atoms with Crippen LogP contribution in [0, 0.1) is 6.92 Å². The SMILES string of the molecule is Cc1cc(-c2cccc(S(N)(=O)=O)c2)nc2cc3c(cc12)OCO3.Cl. The van der Waals surface area contributed by atoms with E-state index >= 15 is 0 Å². The van der Waals surface area contributed by atoms with E-state index in [1.807, 2.05) is 25.1 Å². The van der Waals surface area contributed by atoms with Crippen LogP contribution >= 0.6 is 12.4 Å². The van der Waals surface area contributed by atoms with Gasteiger partial charge in [-0.15, -0.1) is 12.4 Å². The van der Waals surface area contributed by atoms with Crippen molar-refractivity contribution in [2.75, 3.05) is 6.79 Å². The zero-order chi connectivity index (χ0) is 16.9. The number of nitrogens with zero attached hydrogens (tertiary/aromatic N) is 1. The molecule has 0 saturated heterocycles. The van der Waals surface area contributed by atoms with Crippen LogP contribution in [0.15, 0.2) is 47.4 Å². The molecule has 4 rings (SSSR count). The van der Waals surface area contributed by atoms with Crippen LogP contribution in [0.1, 0.15) is 5.56 Å². The van der Waals surface area contributed by atoms with Crippen molar-refractivity contribution < 1.29 is 17.9 Å². The van der Waals surface area contributed by atoms with Crippen molar-refractivity contribution in [2.45, 2.75) is 11.8 Å². The second-order valence-electron chi connectivity index (χ2n) is 5.62. The van der Waals surface area contributed by atoms with Gasteiger partial charge in [0.25, 0.3) is 0 Å². The third-order valence-electron chi connectivity index (χ3n) is 3.97. The van der Waals surface area contributed by atoms with Gasteiger partial charge in [-0.25, -0.2) is 18.5 Å². The summed E-state index contributed by atoms with van der Waals surface area (Å²) in [6.07, 6.45) is 0. The maximum absolute atomic E-state index is 11.6. The van der Waals surface area contributed by atoms with Crippen LogP contribution in [0.25, 0.3) is 22.2 Å². The smallest absolute Gasteiger partial charge is 0.238 e. The number of aromatic nitrogens is 1. The Morgan fingerprint density at radius 1 is 1.08 bits per heavy atom. The van der Waals surface area contributed by atoms with Crippen molar-refractivity contribution >= 4 is 33.3 Å². The summed E-state index contributed by atoms with van der Waals surface area (Å²) in [5.41, 5.74) is 3.12. The van der Waals surface area contributed by atoms with Gasteiger partial charge in [-0.05, 0) is 36.8 Å². The predicted molar refractivity (Wildman–Crippen MR) is 96.7 cm³/mol. The Balaban J connectivity index is 0.00000182. The molecule has 0 spiro atoms. The first-order valence-electron chi connectivity index (χ1n) is 7.26. The summed E-state index contributed by atoms with van der Waals surface area (Å²) in [5.74, 6) is 1.36. The molecule has 2 N–H and O–H groups in total. The van der Waals surface area contributed by atoms with Crippen LogP contribution in [0.3, 0.4) is 0 Å². The van der Waals surface area contributed by atoms with Gasteiger partial charge in [0.15, 0.2) is 11.5 Å². The third kappa shape index (κ3) is 3.13. The van der Waals surface area contributed by atoms with Gasteiger partial charge in [0, 0.05) is 17.0 Å². The minimum atomic E-state index is -3.76. The van der Waals surface area contributed by atoms with Crippen LogP contribution in [0.4, 0.5) is 0 Å². The molecular weight excluding hydrogens is 364 g/mol. The Kier molecular flexibility index (Phi) is 4.32. The summed E-state index contributed by atoms with van der Waals surface area (Å²) in [6, 6.07) is 12.1. The summed E-state index contributed by atoms with van der Waals surface area (Å²) < 4.78 is 33.9. The minimum Gasteiger partial charge on any atom is -0.454 e. The van der Waals surface area contributed by atoms with E-state index in [4.69, 9.17) is 14.6 Å². The molecule has 8 heteroatoms. The monoisotopic (exact) mass is 378 g/mol. The lowest BCUT2D eigenvalue weighted by Crippen LogP contribution is -2.11. The second-order valence-corrected chi connectivity index (χ2v) is 7.18. The van der Waals surface area contributed by atoms with E-state index in [1.54, 1.807) is 12.1 Å². The number of hydrogen-bond donors (Lipinski definition) is 1. The van der Waals surface area contributed by atoms with Gasteiger partial charge in [-0.3, -0.25) is 0 Å². The minimum absolute atomic E-state index is 0. The average Bonchev–Trinajstić information content (AvgIpc) is 3.00. The number of rotatable bonds is 2. The standard InChI is InChI=1S/C17H14N2O4S.ClH/c1-10-5-14(11-3-2-4-12(6-11)24(18,20)21)19-15-8-17-16(7-13(10)15)22-9-23-17;/h2-8H,9H2,1H3,(H2,18,20,21);1H. The number of pyridine rings is 1. The molecule has 2 aromatic carbocycles. The molecule has 25 heavy (non-hydrogen) atoms. The molecule has 1 aromatic heterocycles. The highest BCUT2D eigenvalue weighted by Crippen LogP contribution is 2.37. The lowest BCUT2D eigenvalue weighted by atomic mass is 10.0. The molecule has 0 fully saturated rings. The van der Waals surface area contributed by atoms with E-state index in [0.717, 1.165) is 16.5 Å². The second kappa shape index (κ2) is 6.18. The molecule has 6 nitrogen and oxygen atoms in total. The van der Waals surface area contributed by atoms with Crippen molar-refractivity contribution in [1.29, 1.82) is 0 Å². The van der Waals surface area contributed by atoms with E-state index in [2.05, 4.69) is 4.98 Å². The van der Waals surface area contributed by atoms with E-state index in [-0.39, 0.29) is 24.1 Å². The van der Waals surface area contributed by atoms with Crippen LogP contribution < -0.4 is 14.6 Å². The Labute approximate surface area is 151 Å². The largest absolute Gasteiger partial charge is 0.454 e. The number of fused-ring (bicyclic) bond motifs is 2. The molecule has 0 aliphatic carbocycles. The van der Waals surface area contributed by atoms with Crippen molar-refractivity contribution in [3.63, 3.8) is 0 Å². The maximum Gasteiger partial charge on any atom is 0.238 e. The van der Waals surface area contributed by atoms with Gasteiger partial charge < -0.3 is 9.47 Å². The van der Waals surface area contributed by atoms with Gasteiger partial charge in [0.1, 0.15) is 0 Å². The number of halogens is 1. The highest BCUT2D eigenvalue weighted by Gasteiger charge is 2.17. The zero-order valence-corrected chi connectivity index (χ0v) is 14.9. The summed E-state index contributed by atoms with van der Waals surface area (Å²) in [4.78, 5) is 4.70. The van der Waals surface area contributed by atoms with Crippen molar-refractivity contribution in [3.8, 4) is 22.8 Å². The molecular formula is C17H15ClN2O4S. The summed E-state index contributed by atoms with van der Waals surface area (Å²) in [6.45, 7) is 2.17. The van der Waals surface area contributed by atoms with Crippen molar-refractivity contribution in [3.05, 3.63) is 48.0 Å². The van der Waals surface area contributed by atoms with Crippen LogP contribution in [-0.2, 0) is 10.0 Å². The van der Waals surface area contributed by atoms with Crippen molar-refractivity contribution in [2.24, 2.45) is 5.14 Å². The Morgan fingerprint density at radius 2 is 1.80 bits per heavy atom. The fourth-order valence-corrected chi connectivity index (χ4v) is 3.32. The third-order valence-corrected chi connectivity index (χ3v) is 4.88. The molecule has 1 aliphatic rings. The number of nitrogens with two attached hydrogens (primary N) is 1. The molecule has 0 saturated carbocycles. The lowest BCUT2D eigenvalue weighted by Gasteiger charge is -2.09. The molecule has 0 radical (unpaired) electrons. The zero-order valence-electron chi connectivity index (χ0n) is 13.2. The van der Waals surface area contributed by atoms with Gasteiger partial charge in [0.05, 0.1) is 16.1 Å². The van der Waals surface area contributed by atoms with Crippen LogP contribution in [-0.4, -0.2) is 20.2 Å². The van der Waals surface area contributed by atoms with E-state index in [0.29, 0.717) is 22.8 Å². The first-order chi connectivity index (χ1) is 11.4. The van der Waals surface area contributed by atoms with Crippen LogP contribution in [0.5, 0.6) is 11.5 Å². The highest BCUT2D eigenvalue weighted by atomic mass is 35.5. The number of ether oxygens (including phenoxy) is 2. The number of benzene rings is 2. The Hall–Kier alpha value is -2.35. The molecule has 0 atom stereocenters. The number of hydrogen-bond acceptors (Lipinski definition) is 5. The molecule has 2 heterocycles. The van der Waals surface area contributed by atoms with E-state index in [1.165, 1.54) is 12.1 Å². The molecule has 3 aromatic rings. The quantitative estimate of drug-likeness (QED) is 0.740. The normalized spacial score (nSPS) is 12.9. The number of aryl methyl sites for hydroxylation is 1. The van der Waals surface area contributed by atoms with E-state index < -0.39 is 10.0 Å². The molecule has 1 aliphatic heterocycles. The van der Waals surface area contributed by atoms with Gasteiger partial charge in [-0.1, -0.05) is 12.1 Å². The van der Waals surface area contributed by atoms with Gasteiger partial charge in [-0.2, -0.15) is 0 Å². The number of primary sulfonamides is 1. The molecule has 0 unspecified atom stereocenters. The van der Waals surface area contributed by atoms with Crippen LogP contribution in [0.2, 0.25) is 0 Å². The first kappa shape index (κ1) is 17.5. The van der Waals surface area contributed by atoms with Gasteiger partial charge >= 0.3 is 0 Å². The number of sulfonamides is 1. The Morgan fingerprint density at radius 3 is 2.52 bits per heavy atom. The van der Waals surface area contributed by atoms with Gasteiger partial charge in [0.2, 0.25) is 16.8 Å². The highest BCUT2D eigenvalue weighted by molar-refractivity contribution is 7.89. The fraction of sp³-hybridized carbons (Fsp3) is 0.118.